The molecule has 1 N–H and O–H groups in total. The standard InChI is InChI=1S/C15H22N2OS/c1-7-18-12-10(15(3,4)5)8-9(2)13-11(12)17-14(16-6)19-13/h8H,7H2,1-6H3,(H,16,17). The molecular weight excluding hydrogens is 256 g/mol. The summed E-state index contributed by atoms with van der Waals surface area (Å²) < 4.78 is 7.12. The van der Waals surface area contributed by atoms with Gasteiger partial charge in [0.25, 0.3) is 0 Å². The molecule has 0 bridgehead atoms. The van der Waals surface area contributed by atoms with Crippen molar-refractivity contribution in [2.24, 2.45) is 0 Å². The van der Waals surface area contributed by atoms with E-state index in [1.807, 2.05) is 14.0 Å². The summed E-state index contributed by atoms with van der Waals surface area (Å²) in [6.07, 6.45) is 0. The molecule has 0 aliphatic rings. The fourth-order valence-corrected chi connectivity index (χ4v) is 3.06. The van der Waals surface area contributed by atoms with Crippen molar-refractivity contribution in [1.29, 1.82) is 0 Å². The molecule has 0 aliphatic carbocycles. The van der Waals surface area contributed by atoms with Crippen molar-refractivity contribution in [3.05, 3.63) is 17.2 Å². The number of aryl methyl sites for hydroxylation is 1. The molecule has 2 aromatic rings. The Morgan fingerprint density at radius 2 is 2.05 bits per heavy atom. The van der Waals surface area contributed by atoms with Crippen LogP contribution < -0.4 is 10.1 Å². The van der Waals surface area contributed by atoms with Crippen LogP contribution in [0.15, 0.2) is 6.07 Å². The van der Waals surface area contributed by atoms with Crippen molar-refractivity contribution in [2.45, 2.75) is 40.0 Å². The van der Waals surface area contributed by atoms with Gasteiger partial charge in [-0.3, -0.25) is 0 Å². The number of benzene rings is 1. The molecule has 0 aliphatic heterocycles. The molecule has 0 spiro atoms. The largest absolute Gasteiger partial charge is 0.491 e. The number of aromatic nitrogens is 1. The van der Waals surface area contributed by atoms with Crippen LogP contribution in [0.5, 0.6) is 5.75 Å². The predicted molar refractivity (Wildman–Crippen MR) is 83.8 cm³/mol. The molecule has 3 nitrogen and oxygen atoms in total. The van der Waals surface area contributed by atoms with Crippen LogP contribution in [0, 0.1) is 6.92 Å². The highest BCUT2D eigenvalue weighted by Gasteiger charge is 2.24. The van der Waals surface area contributed by atoms with Gasteiger partial charge in [-0.05, 0) is 24.8 Å². The predicted octanol–water partition coefficient (Wildman–Crippen LogP) is 4.34. The fourth-order valence-electron chi connectivity index (χ4n) is 2.17. The van der Waals surface area contributed by atoms with E-state index >= 15 is 0 Å². The zero-order valence-electron chi connectivity index (χ0n) is 12.5. The number of hydrogen-bond donors (Lipinski definition) is 1. The van der Waals surface area contributed by atoms with Gasteiger partial charge in [-0.15, -0.1) is 0 Å². The van der Waals surface area contributed by atoms with Gasteiger partial charge >= 0.3 is 0 Å². The molecule has 0 fully saturated rings. The number of nitrogens with one attached hydrogen (secondary N) is 1. The number of nitrogens with zero attached hydrogens (tertiary/aromatic N) is 1. The molecule has 2 rings (SSSR count). The van der Waals surface area contributed by atoms with E-state index in [4.69, 9.17) is 4.74 Å². The number of rotatable bonds is 3. The van der Waals surface area contributed by atoms with Crippen molar-refractivity contribution in [3.8, 4) is 5.75 Å². The van der Waals surface area contributed by atoms with Crippen molar-refractivity contribution >= 4 is 26.7 Å². The highest BCUT2D eigenvalue weighted by Crippen LogP contribution is 2.41. The summed E-state index contributed by atoms with van der Waals surface area (Å²) in [6, 6.07) is 2.24. The maximum atomic E-state index is 5.91. The Bertz CT molecular complexity index is 596. The Labute approximate surface area is 119 Å². The quantitative estimate of drug-likeness (QED) is 0.906. The second-order valence-corrected chi connectivity index (χ2v) is 6.70. The lowest BCUT2D eigenvalue weighted by Crippen LogP contribution is -2.14. The van der Waals surface area contributed by atoms with E-state index < -0.39 is 0 Å². The summed E-state index contributed by atoms with van der Waals surface area (Å²) in [4.78, 5) is 4.67. The van der Waals surface area contributed by atoms with Gasteiger partial charge in [-0.1, -0.05) is 38.2 Å². The van der Waals surface area contributed by atoms with Gasteiger partial charge in [-0.2, -0.15) is 0 Å². The minimum Gasteiger partial charge on any atom is -0.491 e. The number of ether oxygens (including phenoxy) is 1. The Balaban J connectivity index is 2.79. The zero-order valence-corrected chi connectivity index (χ0v) is 13.4. The topological polar surface area (TPSA) is 34.1 Å². The van der Waals surface area contributed by atoms with E-state index in [2.05, 4.69) is 44.1 Å². The van der Waals surface area contributed by atoms with E-state index in [-0.39, 0.29) is 5.41 Å². The Hall–Kier alpha value is -1.29. The smallest absolute Gasteiger partial charge is 0.183 e. The van der Waals surface area contributed by atoms with Crippen molar-refractivity contribution in [1.82, 2.24) is 4.98 Å². The molecule has 0 saturated heterocycles. The first-order chi connectivity index (χ1) is 8.88. The van der Waals surface area contributed by atoms with Gasteiger partial charge in [0.2, 0.25) is 0 Å². The molecule has 1 heterocycles. The lowest BCUT2D eigenvalue weighted by molar-refractivity contribution is 0.333. The Morgan fingerprint density at radius 3 is 2.58 bits per heavy atom. The SMILES string of the molecule is CCOc1c(C(C)(C)C)cc(C)c2sc(NC)nc12. The van der Waals surface area contributed by atoms with Crippen LogP contribution >= 0.6 is 11.3 Å². The maximum Gasteiger partial charge on any atom is 0.183 e. The average molecular weight is 278 g/mol. The Kier molecular flexibility index (Phi) is 3.72. The van der Waals surface area contributed by atoms with Gasteiger partial charge < -0.3 is 10.1 Å². The average Bonchev–Trinajstić information content (AvgIpc) is 2.76. The fraction of sp³-hybridized carbons (Fsp3) is 0.533. The van der Waals surface area contributed by atoms with Crippen LogP contribution in [-0.2, 0) is 5.41 Å². The molecule has 0 radical (unpaired) electrons. The highest BCUT2D eigenvalue weighted by atomic mass is 32.1. The van der Waals surface area contributed by atoms with Crippen molar-refractivity contribution < 1.29 is 4.74 Å². The zero-order chi connectivity index (χ0) is 14.2. The summed E-state index contributed by atoms with van der Waals surface area (Å²) in [5.74, 6) is 0.938. The first kappa shape index (κ1) is 14.1. The number of thiazole rings is 1. The van der Waals surface area contributed by atoms with Crippen LogP contribution in [0.3, 0.4) is 0 Å². The normalized spacial score (nSPS) is 11.9. The third-order valence-corrected chi connectivity index (χ3v) is 4.32. The van der Waals surface area contributed by atoms with E-state index in [9.17, 15) is 0 Å². The molecule has 0 saturated carbocycles. The van der Waals surface area contributed by atoms with Gasteiger partial charge in [0.05, 0.1) is 11.3 Å². The van der Waals surface area contributed by atoms with E-state index in [1.54, 1.807) is 11.3 Å². The van der Waals surface area contributed by atoms with Crippen LogP contribution in [0.2, 0.25) is 0 Å². The Morgan fingerprint density at radius 1 is 1.37 bits per heavy atom. The van der Waals surface area contributed by atoms with Gasteiger partial charge in [0.1, 0.15) is 11.3 Å². The first-order valence-corrected chi connectivity index (χ1v) is 7.45. The lowest BCUT2D eigenvalue weighted by atomic mass is 9.85. The number of anilines is 1. The van der Waals surface area contributed by atoms with E-state index in [0.717, 1.165) is 16.4 Å². The third-order valence-electron chi connectivity index (χ3n) is 3.12. The van der Waals surface area contributed by atoms with Gasteiger partial charge in [0.15, 0.2) is 5.13 Å². The highest BCUT2D eigenvalue weighted by molar-refractivity contribution is 7.22. The molecule has 19 heavy (non-hydrogen) atoms. The second-order valence-electron chi connectivity index (χ2n) is 5.70. The lowest BCUT2D eigenvalue weighted by Gasteiger charge is -2.23. The minimum absolute atomic E-state index is 0.0485. The maximum absolute atomic E-state index is 5.91. The summed E-state index contributed by atoms with van der Waals surface area (Å²) in [5, 5.41) is 4.06. The molecule has 1 aromatic carbocycles. The first-order valence-electron chi connectivity index (χ1n) is 6.63. The van der Waals surface area contributed by atoms with Crippen LogP contribution in [0.4, 0.5) is 5.13 Å². The molecule has 1 aromatic heterocycles. The van der Waals surface area contributed by atoms with Crippen LogP contribution in [0.25, 0.3) is 10.2 Å². The monoisotopic (exact) mass is 278 g/mol. The van der Waals surface area contributed by atoms with E-state index in [0.29, 0.717) is 6.61 Å². The molecule has 4 heteroatoms. The summed E-state index contributed by atoms with van der Waals surface area (Å²) in [7, 11) is 1.90. The molecule has 0 atom stereocenters. The number of hydrogen-bond acceptors (Lipinski definition) is 4. The van der Waals surface area contributed by atoms with Gasteiger partial charge in [0, 0.05) is 12.6 Å². The molecule has 0 amide bonds. The van der Waals surface area contributed by atoms with Crippen LogP contribution in [0.1, 0.15) is 38.8 Å². The molecule has 0 unspecified atom stereocenters. The van der Waals surface area contributed by atoms with Crippen molar-refractivity contribution in [3.63, 3.8) is 0 Å². The van der Waals surface area contributed by atoms with Gasteiger partial charge in [-0.25, -0.2) is 4.98 Å². The summed E-state index contributed by atoms with van der Waals surface area (Å²) >= 11 is 1.68. The van der Waals surface area contributed by atoms with Crippen molar-refractivity contribution in [2.75, 3.05) is 19.0 Å². The van der Waals surface area contributed by atoms with Crippen LogP contribution in [-0.4, -0.2) is 18.6 Å². The number of fused-ring (bicyclic) bond motifs is 1. The minimum atomic E-state index is 0.0485. The second kappa shape index (κ2) is 5.00. The third kappa shape index (κ3) is 2.54. The molecule has 104 valence electrons. The summed E-state index contributed by atoms with van der Waals surface area (Å²) in [5.41, 5.74) is 3.53. The van der Waals surface area contributed by atoms with E-state index in [1.165, 1.54) is 15.8 Å². The summed E-state index contributed by atoms with van der Waals surface area (Å²) in [6.45, 7) is 11.5. The molecular formula is C15H22N2OS.